The lowest BCUT2D eigenvalue weighted by molar-refractivity contribution is 0.102. The van der Waals surface area contributed by atoms with Crippen molar-refractivity contribution in [1.82, 2.24) is 4.98 Å². The molecule has 1 aromatic heterocycles. The predicted molar refractivity (Wildman–Crippen MR) is 89.0 cm³/mol. The lowest BCUT2D eigenvalue weighted by Crippen LogP contribution is -2.22. The largest absolute Gasteiger partial charge is 0.367 e. The first-order valence-corrected chi connectivity index (χ1v) is 8.11. The molecule has 3 rings (SSSR count). The zero-order valence-electron chi connectivity index (χ0n) is 13.2. The third-order valence-electron chi connectivity index (χ3n) is 4.16. The van der Waals surface area contributed by atoms with Crippen molar-refractivity contribution < 1.29 is 13.6 Å². The summed E-state index contributed by atoms with van der Waals surface area (Å²) in [5, 5.41) is 6.01. The third kappa shape index (κ3) is 4.07. The Morgan fingerprint density at radius 1 is 1.04 bits per heavy atom. The summed E-state index contributed by atoms with van der Waals surface area (Å²) >= 11 is 0. The molecule has 0 bridgehead atoms. The fourth-order valence-electron chi connectivity index (χ4n) is 2.85. The van der Waals surface area contributed by atoms with Crippen LogP contribution in [0.5, 0.6) is 0 Å². The van der Waals surface area contributed by atoms with Gasteiger partial charge >= 0.3 is 0 Å². The topological polar surface area (TPSA) is 54.0 Å². The normalized spacial score (nSPS) is 15.1. The van der Waals surface area contributed by atoms with Crippen LogP contribution in [-0.4, -0.2) is 16.9 Å². The Balaban J connectivity index is 1.60. The quantitative estimate of drug-likeness (QED) is 0.875. The minimum Gasteiger partial charge on any atom is -0.367 e. The summed E-state index contributed by atoms with van der Waals surface area (Å²) in [6, 6.07) is 7.02. The second-order valence-corrected chi connectivity index (χ2v) is 5.99. The van der Waals surface area contributed by atoms with Crippen LogP contribution in [0.25, 0.3) is 0 Å². The Bertz CT molecular complexity index is 713. The van der Waals surface area contributed by atoms with Crippen molar-refractivity contribution in [3.05, 3.63) is 53.7 Å². The summed E-state index contributed by atoms with van der Waals surface area (Å²) in [5.74, 6) is -1.77. The molecular formula is C18H19F2N3O. The SMILES string of the molecule is O=C(Nc1ccc(NC2CCCCC2)nc1)c1ccc(F)c(F)c1. The van der Waals surface area contributed by atoms with Gasteiger partial charge in [0.2, 0.25) is 0 Å². The van der Waals surface area contributed by atoms with Crippen LogP contribution in [0.1, 0.15) is 42.5 Å². The number of hydrogen-bond donors (Lipinski definition) is 2. The van der Waals surface area contributed by atoms with Crippen molar-refractivity contribution >= 4 is 17.4 Å². The number of hydrogen-bond acceptors (Lipinski definition) is 3. The van der Waals surface area contributed by atoms with Gasteiger partial charge in [-0.3, -0.25) is 4.79 Å². The van der Waals surface area contributed by atoms with E-state index in [1.807, 2.05) is 0 Å². The Morgan fingerprint density at radius 3 is 2.50 bits per heavy atom. The van der Waals surface area contributed by atoms with Gasteiger partial charge in [-0.25, -0.2) is 13.8 Å². The molecule has 4 nitrogen and oxygen atoms in total. The first-order valence-electron chi connectivity index (χ1n) is 8.11. The third-order valence-corrected chi connectivity index (χ3v) is 4.16. The van der Waals surface area contributed by atoms with E-state index in [0.717, 1.165) is 30.8 Å². The molecule has 0 atom stereocenters. The highest BCUT2D eigenvalue weighted by molar-refractivity contribution is 6.04. The zero-order valence-corrected chi connectivity index (χ0v) is 13.2. The van der Waals surface area contributed by atoms with Crippen LogP contribution in [0.15, 0.2) is 36.5 Å². The van der Waals surface area contributed by atoms with E-state index in [1.165, 1.54) is 25.3 Å². The number of carbonyl (C=O) groups excluding carboxylic acids is 1. The number of halogens is 2. The van der Waals surface area contributed by atoms with E-state index in [1.54, 1.807) is 18.3 Å². The summed E-state index contributed by atoms with van der Waals surface area (Å²) in [5.41, 5.74) is 0.553. The van der Waals surface area contributed by atoms with Gasteiger partial charge in [0.15, 0.2) is 11.6 Å². The van der Waals surface area contributed by atoms with E-state index in [-0.39, 0.29) is 5.56 Å². The molecule has 24 heavy (non-hydrogen) atoms. The highest BCUT2D eigenvalue weighted by Gasteiger charge is 2.14. The molecule has 126 valence electrons. The van der Waals surface area contributed by atoms with E-state index in [0.29, 0.717) is 11.7 Å². The lowest BCUT2D eigenvalue weighted by Gasteiger charge is -2.23. The number of anilines is 2. The monoisotopic (exact) mass is 331 g/mol. The van der Waals surface area contributed by atoms with E-state index in [2.05, 4.69) is 15.6 Å². The molecule has 1 amide bonds. The molecule has 1 aliphatic carbocycles. The number of nitrogens with zero attached hydrogens (tertiary/aromatic N) is 1. The van der Waals surface area contributed by atoms with E-state index in [4.69, 9.17) is 0 Å². The summed E-state index contributed by atoms with van der Waals surface area (Å²) < 4.78 is 26.1. The molecule has 1 saturated carbocycles. The predicted octanol–water partition coefficient (Wildman–Crippen LogP) is 4.36. The van der Waals surface area contributed by atoms with Crippen molar-refractivity contribution in [2.75, 3.05) is 10.6 Å². The molecular weight excluding hydrogens is 312 g/mol. The van der Waals surface area contributed by atoms with Gasteiger partial charge in [-0.2, -0.15) is 0 Å². The number of benzene rings is 1. The minimum atomic E-state index is -1.05. The number of nitrogens with one attached hydrogen (secondary N) is 2. The maximum absolute atomic E-state index is 13.2. The van der Waals surface area contributed by atoms with Crippen molar-refractivity contribution in [3.63, 3.8) is 0 Å². The number of aromatic nitrogens is 1. The van der Waals surface area contributed by atoms with Crippen LogP contribution >= 0.6 is 0 Å². The van der Waals surface area contributed by atoms with Gasteiger partial charge in [-0.1, -0.05) is 19.3 Å². The smallest absolute Gasteiger partial charge is 0.255 e. The maximum atomic E-state index is 13.2. The molecule has 1 fully saturated rings. The minimum absolute atomic E-state index is 0.0540. The number of rotatable bonds is 4. The van der Waals surface area contributed by atoms with Gasteiger partial charge in [-0.05, 0) is 43.2 Å². The molecule has 1 aliphatic rings. The van der Waals surface area contributed by atoms with Gasteiger partial charge in [0, 0.05) is 11.6 Å². The van der Waals surface area contributed by atoms with Gasteiger partial charge in [0.1, 0.15) is 5.82 Å². The van der Waals surface area contributed by atoms with Crippen molar-refractivity contribution in [2.24, 2.45) is 0 Å². The van der Waals surface area contributed by atoms with Gasteiger partial charge in [0.05, 0.1) is 11.9 Å². The molecule has 0 aliphatic heterocycles. The van der Waals surface area contributed by atoms with Crippen LogP contribution in [0, 0.1) is 11.6 Å². The van der Waals surface area contributed by atoms with Crippen LogP contribution in [0.4, 0.5) is 20.3 Å². The highest BCUT2D eigenvalue weighted by atomic mass is 19.2. The van der Waals surface area contributed by atoms with Gasteiger partial charge in [0.25, 0.3) is 5.91 Å². The second kappa shape index (κ2) is 7.38. The average Bonchev–Trinajstić information content (AvgIpc) is 2.60. The Kier molecular flexibility index (Phi) is 5.03. The molecule has 1 aromatic carbocycles. The number of amides is 1. The second-order valence-electron chi connectivity index (χ2n) is 5.99. The summed E-state index contributed by atoms with van der Waals surface area (Å²) in [7, 11) is 0. The lowest BCUT2D eigenvalue weighted by atomic mass is 9.95. The Morgan fingerprint density at radius 2 is 1.83 bits per heavy atom. The van der Waals surface area contributed by atoms with Crippen LogP contribution < -0.4 is 10.6 Å². The molecule has 1 heterocycles. The van der Waals surface area contributed by atoms with Crippen molar-refractivity contribution in [3.8, 4) is 0 Å². The zero-order chi connectivity index (χ0) is 16.9. The molecule has 0 radical (unpaired) electrons. The maximum Gasteiger partial charge on any atom is 0.255 e. The highest BCUT2D eigenvalue weighted by Crippen LogP contribution is 2.21. The molecule has 6 heteroatoms. The summed E-state index contributed by atoms with van der Waals surface area (Å²) in [4.78, 5) is 16.3. The molecule has 2 aromatic rings. The Labute approximate surface area is 139 Å². The summed E-state index contributed by atoms with van der Waals surface area (Å²) in [6.45, 7) is 0. The van der Waals surface area contributed by atoms with Crippen LogP contribution in [-0.2, 0) is 0 Å². The van der Waals surface area contributed by atoms with E-state index < -0.39 is 17.5 Å². The van der Waals surface area contributed by atoms with Gasteiger partial charge < -0.3 is 10.6 Å². The molecule has 0 spiro atoms. The number of carbonyl (C=O) groups is 1. The van der Waals surface area contributed by atoms with Crippen molar-refractivity contribution in [2.45, 2.75) is 38.1 Å². The fraction of sp³-hybridized carbons (Fsp3) is 0.333. The average molecular weight is 331 g/mol. The van der Waals surface area contributed by atoms with Crippen LogP contribution in [0.2, 0.25) is 0 Å². The Hall–Kier alpha value is -2.50. The van der Waals surface area contributed by atoms with Gasteiger partial charge in [-0.15, -0.1) is 0 Å². The van der Waals surface area contributed by atoms with E-state index >= 15 is 0 Å². The molecule has 2 N–H and O–H groups in total. The van der Waals surface area contributed by atoms with E-state index in [9.17, 15) is 13.6 Å². The van der Waals surface area contributed by atoms with Crippen molar-refractivity contribution in [1.29, 1.82) is 0 Å². The standard InChI is InChI=1S/C18H19F2N3O/c19-15-8-6-12(10-16(15)20)18(24)23-14-7-9-17(21-11-14)22-13-4-2-1-3-5-13/h6-11,13H,1-5H2,(H,21,22)(H,23,24). The fourth-order valence-corrected chi connectivity index (χ4v) is 2.85. The summed E-state index contributed by atoms with van der Waals surface area (Å²) in [6.07, 6.45) is 7.61. The molecule has 0 saturated heterocycles. The van der Waals surface area contributed by atoms with Crippen LogP contribution in [0.3, 0.4) is 0 Å². The first kappa shape index (κ1) is 16.4. The molecule has 0 unspecified atom stereocenters. The number of pyridine rings is 1. The first-order chi connectivity index (χ1) is 11.6.